The molecule has 0 aliphatic carbocycles. The molecule has 17 heavy (non-hydrogen) atoms. The highest BCUT2D eigenvalue weighted by Gasteiger charge is 2.05. The average molecular weight is 233 g/mol. The van der Waals surface area contributed by atoms with E-state index in [9.17, 15) is 4.79 Å². The van der Waals surface area contributed by atoms with E-state index in [-0.39, 0.29) is 6.09 Å². The van der Waals surface area contributed by atoms with Crippen LogP contribution in [0.25, 0.3) is 0 Å². The summed E-state index contributed by atoms with van der Waals surface area (Å²) in [6, 6.07) is 9.62. The van der Waals surface area contributed by atoms with Gasteiger partial charge in [0.25, 0.3) is 0 Å². The molecule has 0 aliphatic rings. The van der Waals surface area contributed by atoms with Crippen molar-refractivity contribution in [3.63, 3.8) is 0 Å². The molecule has 1 aromatic rings. The summed E-state index contributed by atoms with van der Waals surface area (Å²) in [6.45, 7) is 6.63. The van der Waals surface area contributed by atoms with Gasteiger partial charge in [-0.1, -0.05) is 43.3 Å². The lowest BCUT2D eigenvalue weighted by molar-refractivity contribution is 0.138. The molecule has 0 bridgehead atoms. The van der Waals surface area contributed by atoms with E-state index in [4.69, 9.17) is 4.74 Å². The number of hydrogen-bond acceptors (Lipinski definition) is 2. The third-order valence-corrected chi connectivity index (χ3v) is 2.38. The van der Waals surface area contributed by atoms with E-state index in [1.54, 1.807) is 0 Å². The number of hydrogen-bond donors (Lipinski definition) is 1. The van der Waals surface area contributed by atoms with Crippen molar-refractivity contribution in [3.05, 3.63) is 48.6 Å². The van der Waals surface area contributed by atoms with Crippen molar-refractivity contribution in [2.45, 2.75) is 20.0 Å². The Balaban J connectivity index is 2.19. The summed E-state index contributed by atoms with van der Waals surface area (Å²) in [5.41, 5.74) is 0.988. The fourth-order valence-electron chi connectivity index (χ4n) is 1.40. The van der Waals surface area contributed by atoms with E-state index >= 15 is 0 Å². The van der Waals surface area contributed by atoms with Crippen LogP contribution in [0.5, 0.6) is 0 Å². The lowest BCUT2D eigenvalue weighted by Crippen LogP contribution is -2.28. The minimum absolute atomic E-state index is 0.308. The Morgan fingerprint density at radius 3 is 2.82 bits per heavy atom. The third-order valence-electron chi connectivity index (χ3n) is 2.38. The summed E-state index contributed by atoms with van der Waals surface area (Å²) >= 11 is 0. The zero-order valence-corrected chi connectivity index (χ0v) is 10.2. The van der Waals surface area contributed by atoms with Crippen LogP contribution < -0.4 is 5.32 Å². The SMILES string of the molecule is C=CCC(C)CNC(=O)OCc1ccccc1. The molecule has 0 spiro atoms. The second kappa shape index (κ2) is 7.49. The first-order valence-corrected chi connectivity index (χ1v) is 5.78. The second-order valence-corrected chi connectivity index (χ2v) is 4.07. The number of rotatable bonds is 6. The Hall–Kier alpha value is -1.77. The normalized spacial score (nSPS) is 11.6. The number of benzene rings is 1. The smallest absolute Gasteiger partial charge is 0.407 e. The van der Waals surface area contributed by atoms with Crippen LogP contribution in [0.1, 0.15) is 18.9 Å². The second-order valence-electron chi connectivity index (χ2n) is 4.07. The van der Waals surface area contributed by atoms with E-state index in [1.165, 1.54) is 0 Å². The first-order chi connectivity index (χ1) is 8.22. The molecule has 0 saturated heterocycles. The number of allylic oxidation sites excluding steroid dienone is 1. The molecule has 0 saturated carbocycles. The van der Waals surface area contributed by atoms with Crippen molar-refractivity contribution in [2.75, 3.05) is 6.54 Å². The van der Waals surface area contributed by atoms with Crippen molar-refractivity contribution in [1.29, 1.82) is 0 Å². The van der Waals surface area contributed by atoms with Gasteiger partial charge in [-0.05, 0) is 17.9 Å². The number of amides is 1. The zero-order chi connectivity index (χ0) is 12.5. The molecule has 0 fully saturated rings. The molecule has 3 heteroatoms. The third kappa shape index (κ3) is 5.76. The summed E-state index contributed by atoms with van der Waals surface area (Å²) in [5, 5.41) is 2.73. The summed E-state index contributed by atoms with van der Waals surface area (Å²) in [5.74, 6) is 0.386. The van der Waals surface area contributed by atoms with Gasteiger partial charge in [-0.15, -0.1) is 6.58 Å². The van der Waals surface area contributed by atoms with Crippen LogP contribution in [0.4, 0.5) is 4.79 Å². The van der Waals surface area contributed by atoms with Crippen molar-refractivity contribution in [1.82, 2.24) is 5.32 Å². The molecule has 3 nitrogen and oxygen atoms in total. The van der Waals surface area contributed by atoms with Gasteiger partial charge in [0, 0.05) is 6.54 Å². The summed E-state index contributed by atoms with van der Waals surface area (Å²) < 4.78 is 5.08. The Morgan fingerprint density at radius 1 is 1.47 bits per heavy atom. The summed E-state index contributed by atoms with van der Waals surface area (Å²) in [6.07, 6.45) is 2.37. The van der Waals surface area contributed by atoms with Gasteiger partial charge in [0.05, 0.1) is 0 Å². The number of alkyl carbamates (subject to hydrolysis) is 1. The lowest BCUT2D eigenvalue weighted by Gasteiger charge is -2.10. The van der Waals surface area contributed by atoms with E-state index in [1.807, 2.05) is 36.4 Å². The van der Waals surface area contributed by atoms with Gasteiger partial charge in [0.2, 0.25) is 0 Å². The zero-order valence-electron chi connectivity index (χ0n) is 10.2. The molecule has 1 rings (SSSR count). The Morgan fingerprint density at radius 2 is 2.18 bits per heavy atom. The number of nitrogens with one attached hydrogen (secondary N) is 1. The highest BCUT2D eigenvalue weighted by Crippen LogP contribution is 2.02. The van der Waals surface area contributed by atoms with Gasteiger partial charge in [-0.3, -0.25) is 0 Å². The average Bonchev–Trinajstić information content (AvgIpc) is 2.35. The standard InChI is InChI=1S/C14H19NO2/c1-3-7-12(2)10-15-14(16)17-11-13-8-5-4-6-9-13/h3-6,8-9,12H,1,7,10-11H2,2H3,(H,15,16). The minimum atomic E-state index is -0.371. The van der Waals surface area contributed by atoms with Crippen LogP contribution in [-0.2, 0) is 11.3 Å². The maximum absolute atomic E-state index is 11.4. The van der Waals surface area contributed by atoms with Gasteiger partial charge in [0.1, 0.15) is 6.61 Å². The molecule has 1 atom stereocenters. The van der Waals surface area contributed by atoms with Crippen LogP contribution in [0, 0.1) is 5.92 Å². The van der Waals surface area contributed by atoms with Gasteiger partial charge < -0.3 is 10.1 Å². The highest BCUT2D eigenvalue weighted by atomic mass is 16.5. The topological polar surface area (TPSA) is 38.3 Å². The fourth-order valence-corrected chi connectivity index (χ4v) is 1.40. The summed E-state index contributed by atoms with van der Waals surface area (Å²) in [7, 11) is 0. The van der Waals surface area contributed by atoms with Crippen molar-refractivity contribution in [2.24, 2.45) is 5.92 Å². The molecular formula is C14H19NO2. The number of carbonyl (C=O) groups excluding carboxylic acids is 1. The molecule has 92 valence electrons. The Bertz CT molecular complexity index is 348. The molecule has 0 radical (unpaired) electrons. The molecule has 1 N–H and O–H groups in total. The van der Waals surface area contributed by atoms with Crippen molar-refractivity contribution < 1.29 is 9.53 Å². The molecule has 1 aromatic carbocycles. The molecule has 1 amide bonds. The number of ether oxygens (including phenoxy) is 1. The molecule has 0 aliphatic heterocycles. The van der Waals surface area contributed by atoms with Crippen LogP contribution in [0.2, 0.25) is 0 Å². The minimum Gasteiger partial charge on any atom is -0.445 e. The van der Waals surface area contributed by atoms with E-state index in [2.05, 4.69) is 18.8 Å². The van der Waals surface area contributed by atoms with E-state index < -0.39 is 0 Å². The predicted molar refractivity (Wildman–Crippen MR) is 68.6 cm³/mol. The Labute approximate surface area is 102 Å². The molecule has 0 heterocycles. The summed E-state index contributed by atoms with van der Waals surface area (Å²) in [4.78, 5) is 11.4. The fraction of sp³-hybridized carbons (Fsp3) is 0.357. The maximum atomic E-state index is 11.4. The van der Waals surface area contributed by atoms with Crippen molar-refractivity contribution >= 4 is 6.09 Å². The number of carbonyl (C=O) groups is 1. The maximum Gasteiger partial charge on any atom is 0.407 e. The van der Waals surface area contributed by atoms with E-state index in [0.717, 1.165) is 12.0 Å². The van der Waals surface area contributed by atoms with Gasteiger partial charge in [-0.25, -0.2) is 4.79 Å². The molecular weight excluding hydrogens is 214 g/mol. The van der Waals surface area contributed by atoms with Crippen molar-refractivity contribution in [3.8, 4) is 0 Å². The lowest BCUT2D eigenvalue weighted by atomic mass is 10.1. The van der Waals surface area contributed by atoms with E-state index in [0.29, 0.717) is 19.1 Å². The van der Waals surface area contributed by atoms with Crippen LogP contribution in [0.15, 0.2) is 43.0 Å². The van der Waals surface area contributed by atoms with Crippen LogP contribution >= 0.6 is 0 Å². The first-order valence-electron chi connectivity index (χ1n) is 5.78. The largest absolute Gasteiger partial charge is 0.445 e. The Kier molecular flexibility index (Phi) is 5.86. The molecule has 0 aromatic heterocycles. The highest BCUT2D eigenvalue weighted by molar-refractivity contribution is 5.67. The van der Waals surface area contributed by atoms with Gasteiger partial charge >= 0.3 is 6.09 Å². The van der Waals surface area contributed by atoms with Gasteiger partial charge in [-0.2, -0.15) is 0 Å². The molecule has 1 unspecified atom stereocenters. The van der Waals surface area contributed by atoms with Crippen LogP contribution in [-0.4, -0.2) is 12.6 Å². The van der Waals surface area contributed by atoms with Crippen LogP contribution in [0.3, 0.4) is 0 Å². The first kappa shape index (κ1) is 13.3. The quantitative estimate of drug-likeness (QED) is 0.767. The van der Waals surface area contributed by atoms with Gasteiger partial charge in [0.15, 0.2) is 0 Å². The predicted octanol–water partition coefficient (Wildman–Crippen LogP) is 3.13. The monoisotopic (exact) mass is 233 g/mol.